The molecule has 0 saturated heterocycles. The van der Waals surface area contributed by atoms with E-state index in [1.165, 1.54) is 0 Å². The predicted octanol–water partition coefficient (Wildman–Crippen LogP) is 1.77. The van der Waals surface area contributed by atoms with Crippen molar-refractivity contribution in [3.8, 4) is 5.82 Å². The van der Waals surface area contributed by atoms with Gasteiger partial charge in [0.25, 0.3) is 0 Å². The Balaban J connectivity index is 2.48. The summed E-state index contributed by atoms with van der Waals surface area (Å²) < 4.78 is 2.02. The summed E-state index contributed by atoms with van der Waals surface area (Å²) in [6, 6.07) is 4.14. The van der Waals surface area contributed by atoms with Crippen molar-refractivity contribution in [2.75, 3.05) is 0 Å². The van der Waals surface area contributed by atoms with E-state index in [0.717, 1.165) is 29.2 Å². The molecule has 0 aromatic carbocycles. The maximum Gasteiger partial charge on any atom is 0.141 e. The second-order valence-electron chi connectivity index (χ2n) is 4.45. The van der Waals surface area contributed by atoms with Gasteiger partial charge in [-0.05, 0) is 38.8 Å². The third-order valence-electron chi connectivity index (χ3n) is 2.89. The second-order valence-corrected chi connectivity index (χ2v) is 4.45. The second kappa shape index (κ2) is 4.67. The highest BCUT2D eigenvalue weighted by Crippen LogP contribution is 2.16. The third-order valence-corrected chi connectivity index (χ3v) is 2.89. The molecule has 90 valence electrons. The molecule has 0 saturated carbocycles. The summed E-state index contributed by atoms with van der Waals surface area (Å²) in [4.78, 5) is 8.75. The van der Waals surface area contributed by atoms with E-state index in [9.17, 15) is 0 Å². The molecule has 0 fully saturated rings. The normalized spacial score (nSPS) is 12.7. The molecule has 2 N–H and O–H groups in total. The van der Waals surface area contributed by atoms with Crippen LogP contribution in [0.4, 0.5) is 0 Å². The molecule has 1 atom stereocenters. The molecule has 0 amide bonds. The van der Waals surface area contributed by atoms with Gasteiger partial charge in [0.15, 0.2) is 0 Å². The van der Waals surface area contributed by atoms with Crippen LogP contribution in [-0.4, -0.2) is 20.6 Å². The minimum absolute atomic E-state index is 0.128. The summed E-state index contributed by atoms with van der Waals surface area (Å²) in [6.07, 6.45) is 4.44. The molecular weight excluding hydrogens is 212 g/mol. The Bertz CT molecular complexity index is 514. The van der Waals surface area contributed by atoms with Crippen LogP contribution in [0.2, 0.25) is 0 Å². The largest absolute Gasteiger partial charge is 0.328 e. The van der Waals surface area contributed by atoms with Gasteiger partial charge in [0, 0.05) is 17.9 Å². The zero-order valence-corrected chi connectivity index (χ0v) is 10.5. The molecule has 0 spiro atoms. The van der Waals surface area contributed by atoms with Crippen LogP contribution < -0.4 is 5.73 Å². The summed E-state index contributed by atoms with van der Waals surface area (Å²) in [6.45, 7) is 6.05. The number of nitrogens with zero attached hydrogens (tertiary/aromatic N) is 3. The predicted molar refractivity (Wildman–Crippen MR) is 68.2 cm³/mol. The van der Waals surface area contributed by atoms with Crippen molar-refractivity contribution < 1.29 is 0 Å². The number of nitrogens with two attached hydrogens (primary N) is 1. The van der Waals surface area contributed by atoms with Crippen molar-refractivity contribution in [2.24, 2.45) is 5.73 Å². The van der Waals surface area contributed by atoms with Gasteiger partial charge in [-0.15, -0.1) is 0 Å². The molecule has 1 unspecified atom stereocenters. The molecule has 17 heavy (non-hydrogen) atoms. The van der Waals surface area contributed by atoms with Gasteiger partial charge in [0.1, 0.15) is 12.1 Å². The number of aryl methyl sites for hydroxylation is 1. The van der Waals surface area contributed by atoms with Crippen molar-refractivity contribution in [1.29, 1.82) is 0 Å². The number of aromatic nitrogens is 3. The van der Waals surface area contributed by atoms with Crippen molar-refractivity contribution >= 4 is 0 Å². The Morgan fingerprint density at radius 3 is 2.71 bits per heavy atom. The highest BCUT2D eigenvalue weighted by Gasteiger charge is 2.10. The van der Waals surface area contributed by atoms with E-state index in [-0.39, 0.29) is 6.04 Å². The van der Waals surface area contributed by atoms with Crippen molar-refractivity contribution in [3.05, 3.63) is 41.6 Å². The van der Waals surface area contributed by atoms with E-state index in [0.29, 0.717) is 0 Å². The Morgan fingerprint density at radius 1 is 1.35 bits per heavy atom. The number of rotatable bonds is 3. The molecule has 0 aliphatic carbocycles. The van der Waals surface area contributed by atoms with Crippen molar-refractivity contribution in [2.45, 2.75) is 33.2 Å². The van der Waals surface area contributed by atoms with E-state index in [1.807, 2.05) is 37.7 Å². The van der Waals surface area contributed by atoms with E-state index in [4.69, 9.17) is 5.73 Å². The average Bonchev–Trinajstić information content (AvgIpc) is 2.60. The van der Waals surface area contributed by atoms with E-state index in [1.54, 1.807) is 6.20 Å². The van der Waals surface area contributed by atoms with Crippen molar-refractivity contribution in [1.82, 2.24) is 14.5 Å². The lowest BCUT2D eigenvalue weighted by atomic mass is 10.1. The van der Waals surface area contributed by atoms with Gasteiger partial charge in [-0.3, -0.25) is 4.57 Å². The molecule has 2 rings (SSSR count). The first-order valence-electron chi connectivity index (χ1n) is 5.80. The van der Waals surface area contributed by atoms with Gasteiger partial charge in [-0.2, -0.15) is 0 Å². The van der Waals surface area contributed by atoms with Crippen LogP contribution in [0.15, 0.2) is 24.7 Å². The molecule has 0 aliphatic rings. The fourth-order valence-electron chi connectivity index (χ4n) is 1.87. The van der Waals surface area contributed by atoms with E-state index < -0.39 is 0 Å². The van der Waals surface area contributed by atoms with Crippen LogP contribution in [-0.2, 0) is 6.42 Å². The zero-order valence-electron chi connectivity index (χ0n) is 10.5. The maximum atomic E-state index is 5.86. The van der Waals surface area contributed by atoms with Gasteiger partial charge >= 0.3 is 0 Å². The van der Waals surface area contributed by atoms with Crippen LogP contribution in [0.25, 0.3) is 5.82 Å². The van der Waals surface area contributed by atoms with Gasteiger partial charge in [-0.25, -0.2) is 9.97 Å². The van der Waals surface area contributed by atoms with Crippen LogP contribution in [0, 0.1) is 13.8 Å². The molecule has 2 aromatic rings. The lowest BCUT2D eigenvalue weighted by Crippen LogP contribution is -2.19. The Kier molecular flexibility index (Phi) is 3.24. The first kappa shape index (κ1) is 11.8. The molecule has 2 aromatic heterocycles. The standard InChI is InChI=1S/C13H18N4/c1-9(14)7-12-5-4-6-15-13(12)17-8-16-10(2)11(17)3/h4-6,8-9H,7,14H2,1-3H3. The molecule has 0 aliphatic heterocycles. The number of imidazole rings is 1. The Morgan fingerprint density at radius 2 is 2.12 bits per heavy atom. The fraction of sp³-hybridized carbons (Fsp3) is 0.385. The molecule has 4 nitrogen and oxygen atoms in total. The minimum atomic E-state index is 0.128. The quantitative estimate of drug-likeness (QED) is 0.874. The smallest absolute Gasteiger partial charge is 0.141 e. The summed E-state index contributed by atoms with van der Waals surface area (Å²) >= 11 is 0. The van der Waals surface area contributed by atoms with Crippen LogP contribution in [0.5, 0.6) is 0 Å². The van der Waals surface area contributed by atoms with Crippen LogP contribution in [0.1, 0.15) is 23.9 Å². The topological polar surface area (TPSA) is 56.7 Å². The average molecular weight is 230 g/mol. The first-order valence-corrected chi connectivity index (χ1v) is 5.80. The molecular formula is C13H18N4. The summed E-state index contributed by atoms with van der Waals surface area (Å²) in [5, 5.41) is 0. The van der Waals surface area contributed by atoms with Crippen LogP contribution >= 0.6 is 0 Å². The summed E-state index contributed by atoms with van der Waals surface area (Å²) in [7, 11) is 0. The van der Waals surface area contributed by atoms with Gasteiger partial charge in [0.05, 0.1) is 5.69 Å². The fourth-order valence-corrected chi connectivity index (χ4v) is 1.87. The lowest BCUT2D eigenvalue weighted by molar-refractivity contribution is 0.727. The summed E-state index contributed by atoms with van der Waals surface area (Å²) in [5.74, 6) is 0.933. The summed E-state index contributed by atoms with van der Waals surface area (Å²) in [5.41, 5.74) is 9.17. The molecule has 0 bridgehead atoms. The van der Waals surface area contributed by atoms with Gasteiger partial charge < -0.3 is 5.73 Å². The zero-order chi connectivity index (χ0) is 12.4. The number of hydrogen-bond acceptors (Lipinski definition) is 3. The van der Waals surface area contributed by atoms with Gasteiger partial charge in [0.2, 0.25) is 0 Å². The SMILES string of the molecule is Cc1ncn(-c2ncccc2CC(C)N)c1C. The third kappa shape index (κ3) is 2.36. The maximum absolute atomic E-state index is 5.86. The lowest BCUT2D eigenvalue weighted by Gasteiger charge is -2.12. The first-order chi connectivity index (χ1) is 8.09. The van der Waals surface area contributed by atoms with Crippen molar-refractivity contribution in [3.63, 3.8) is 0 Å². The van der Waals surface area contributed by atoms with Gasteiger partial charge in [-0.1, -0.05) is 6.07 Å². The molecule has 2 heterocycles. The highest BCUT2D eigenvalue weighted by atomic mass is 15.1. The highest BCUT2D eigenvalue weighted by molar-refractivity contribution is 5.36. The van der Waals surface area contributed by atoms with E-state index in [2.05, 4.69) is 16.0 Å². The molecule has 4 heteroatoms. The number of hydrogen-bond donors (Lipinski definition) is 1. The van der Waals surface area contributed by atoms with E-state index >= 15 is 0 Å². The Hall–Kier alpha value is -1.68. The molecule has 0 radical (unpaired) electrons. The monoisotopic (exact) mass is 230 g/mol. The van der Waals surface area contributed by atoms with Crippen LogP contribution in [0.3, 0.4) is 0 Å². The number of pyridine rings is 1. The Labute approximate surface area is 102 Å². The minimum Gasteiger partial charge on any atom is -0.328 e.